The van der Waals surface area contributed by atoms with Crippen LogP contribution in [-0.2, 0) is 20.9 Å². The first-order valence-corrected chi connectivity index (χ1v) is 11.3. The van der Waals surface area contributed by atoms with E-state index in [1.54, 1.807) is 30.2 Å². The lowest BCUT2D eigenvalue weighted by molar-refractivity contribution is -0.151. The van der Waals surface area contributed by atoms with Gasteiger partial charge in [0.05, 0.1) is 13.2 Å². The summed E-state index contributed by atoms with van der Waals surface area (Å²) < 4.78 is 11.3. The van der Waals surface area contributed by atoms with Crippen LogP contribution in [0.2, 0.25) is 5.02 Å². The smallest absolute Gasteiger partial charge is 0.289 e. The van der Waals surface area contributed by atoms with Crippen LogP contribution in [0.1, 0.15) is 36.8 Å². The van der Waals surface area contributed by atoms with Gasteiger partial charge >= 0.3 is 0 Å². The zero-order chi connectivity index (χ0) is 22.5. The first-order chi connectivity index (χ1) is 15.5. The molecule has 168 valence electrons. The summed E-state index contributed by atoms with van der Waals surface area (Å²) in [5.74, 6) is 0.579. The predicted octanol–water partition coefficient (Wildman–Crippen LogP) is 4.18. The molecule has 4 rings (SSSR count). The Morgan fingerprint density at radius 1 is 1.22 bits per heavy atom. The van der Waals surface area contributed by atoms with Gasteiger partial charge in [-0.3, -0.25) is 9.59 Å². The number of ether oxygens (including phenoxy) is 2. The zero-order valence-electron chi connectivity index (χ0n) is 18.1. The number of hydrogen-bond donors (Lipinski definition) is 1. The normalized spacial score (nSPS) is 21.6. The highest BCUT2D eigenvalue weighted by Crippen LogP contribution is 2.33. The maximum atomic E-state index is 13.3. The summed E-state index contributed by atoms with van der Waals surface area (Å²) in [4.78, 5) is 27.7. The number of amides is 2. The number of benzene rings is 2. The molecule has 1 aliphatic carbocycles. The van der Waals surface area contributed by atoms with Crippen LogP contribution in [0.3, 0.4) is 0 Å². The van der Waals surface area contributed by atoms with Crippen molar-refractivity contribution in [1.82, 2.24) is 10.2 Å². The predicted molar refractivity (Wildman–Crippen MR) is 123 cm³/mol. The molecule has 0 bridgehead atoms. The Bertz CT molecular complexity index is 1010. The van der Waals surface area contributed by atoms with E-state index < -0.39 is 0 Å². The van der Waals surface area contributed by atoms with E-state index in [4.69, 9.17) is 21.1 Å². The number of carbonyl (C=O) groups is 2. The maximum absolute atomic E-state index is 13.3. The summed E-state index contributed by atoms with van der Waals surface area (Å²) >= 11 is 6.08. The third-order valence-corrected chi connectivity index (χ3v) is 6.16. The molecule has 7 heteroatoms. The minimum Gasteiger partial charge on any atom is -0.497 e. The first-order valence-electron chi connectivity index (χ1n) is 10.9. The molecule has 32 heavy (non-hydrogen) atoms. The summed E-state index contributed by atoms with van der Waals surface area (Å²) in [6.45, 7) is 0.396. The highest BCUT2D eigenvalue weighted by atomic mass is 35.5. The third-order valence-electron chi connectivity index (χ3n) is 5.93. The van der Waals surface area contributed by atoms with Gasteiger partial charge in [-0.15, -0.1) is 0 Å². The second kappa shape index (κ2) is 10.1. The van der Waals surface area contributed by atoms with E-state index >= 15 is 0 Å². The molecule has 1 heterocycles. The molecule has 1 N–H and O–H groups in total. The van der Waals surface area contributed by atoms with Crippen LogP contribution in [-0.4, -0.2) is 42.5 Å². The second-order valence-corrected chi connectivity index (χ2v) is 8.57. The number of carbonyl (C=O) groups excluding carboxylic acids is 2. The van der Waals surface area contributed by atoms with Gasteiger partial charge in [0.25, 0.3) is 5.91 Å². The summed E-state index contributed by atoms with van der Waals surface area (Å²) in [6, 6.07) is 14.7. The number of nitrogens with zero attached hydrogens (tertiary/aromatic N) is 1. The summed E-state index contributed by atoms with van der Waals surface area (Å²) in [6.07, 6.45) is 5.40. The van der Waals surface area contributed by atoms with Crippen molar-refractivity contribution in [2.45, 2.75) is 44.4 Å². The molecule has 2 aliphatic rings. The van der Waals surface area contributed by atoms with Crippen LogP contribution in [0, 0.1) is 0 Å². The first kappa shape index (κ1) is 22.2. The van der Waals surface area contributed by atoms with Crippen LogP contribution < -0.4 is 10.1 Å². The lowest BCUT2D eigenvalue weighted by atomic mass is 9.89. The molecular weight excluding hydrogens is 428 g/mol. The largest absolute Gasteiger partial charge is 0.497 e. The van der Waals surface area contributed by atoms with E-state index in [1.807, 2.05) is 36.4 Å². The number of nitrogens with one attached hydrogen (secondary N) is 1. The number of rotatable bonds is 6. The third kappa shape index (κ3) is 5.25. The fraction of sp³-hybridized carbons (Fsp3) is 0.360. The number of halogens is 1. The van der Waals surface area contributed by atoms with E-state index in [-0.39, 0.29) is 36.3 Å². The highest BCUT2D eigenvalue weighted by Gasteiger charge is 2.42. The molecule has 0 spiro atoms. The number of morpholine rings is 1. The van der Waals surface area contributed by atoms with Crippen molar-refractivity contribution < 1.29 is 19.1 Å². The number of fused-ring (bicyclic) bond motifs is 1. The molecular formula is C25H27ClN2O4. The topological polar surface area (TPSA) is 67.9 Å². The van der Waals surface area contributed by atoms with Gasteiger partial charge in [0, 0.05) is 11.6 Å². The standard InChI is InChI=1S/C25H27ClN2O4/c1-31-20-11-9-17(10-12-20)15-27-24(29)16-28-21-7-2-3-8-22(21)32-23(25(28)30)14-18-5-4-6-19(26)13-18/h4-6,9-14,21-22H,2-3,7-8,15-16H2,1H3,(H,27,29)/b23-14+. The van der Waals surface area contributed by atoms with E-state index in [2.05, 4.69) is 5.32 Å². The fourth-order valence-electron chi connectivity index (χ4n) is 4.26. The number of methoxy groups -OCH3 is 1. The van der Waals surface area contributed by atoms with Crippen molar-refractivity contribution in [1.29, 1.82) is 0 Å². The van der Waals surface area contributed by atoms with Gasteiger partial charge in [-0.2, -0.15) is 0 Å². The van der Waals surface area contributed by atoms with E-state index in [9.17, 15) is 9.59 Å². The molecule has 2 aromatic rings. The lowest BCUT2D eigenvalue weighted by Crippen LogP contribution is -2.57. The van der Waals surface area contributed by atoms with Crippen LogP contribution in [0.25, 0.3) is 6.08 Å². The monoisotopic (exact) mass is 454 g/mol. The molecule has 2 aromatic carbocycles. The van der Waals surface area contributed by atoms with Gasteiger partial charge in [-0.05, 0) is 60.7 Å². The van der Waals surface area contributed by atoms with E-state index in [0.29, 0.717) is 11.6 Å². The van der Waals surface area contributed by atoms with Crippen LogP contribution in [0.5, 0.6) is 5.75 Å². The summed E-state index contributed by atoms with van der Waals surface area (Å²) in [5.41, 5.74) is 1.75. The Balaban J connectivity index is 1.46. The van der Waals surface area contributed by atoms with Crippen molar-refractivity contribution in [3.8, 4) is 5.75 Å². The minimum atomic E-state index is -0.257. The van der Waals surface area contributed by atoms with E-state index in [0.717, 1.165) is 42.6 Å². The Morgan fingerprint density at radius 2 is 2.00 bits per heavy atom. The molecule has 2 amide bonds. The van der Waals surface area contributed by atoms with Crippen molar-refractivity contribution >= 4 is 29.5 Å². The Hall–Kier alpha value is -2.99. The van der Waals surface area contributed by atoms with Gasteiger partial charge in [-0.1, -0.05) is 42.3 Å². The average Bonchev–Trinajstić information content (AvgIpc) is 2.81. The minimum absolute atomic E-state index is 0.00635. The molecule has 1 saturated carbocycles. The quantitative estimate of drug-likeness (QED) is 0.665. The number of hydrogen-bond acceptors (Lipinski definition) is 4. The molecule has 2 fully saturated rings. The van der Waals surface area contributed by atoms with Crippen LogP contribution >= 0.6 is 11.6 Å². The van der Waals surface area contributed by atoms with Crippen molar-refractivity contribution in [2.75, 3.05) is 13.7 Å². The van der Waals surface area contributed by atoms with Crippen molar-refractivity contribution in [3.63, 3.8) is 0 Å². The molecule has 1 saturated heterocycles. The summed E-state index contributed by atoms with van der Waals surface area (Å²) in [7, 11) is 1.61. The maximum Gasteiger partial charge on any atom is 0.289 e. The molecule has 6 nitrogen and oxygen atoms in total. The van der Waals surface area contributed by atoms with Gasteiger partial charge < -0.3 is 19.7 Å². The van der Waals surface area contributed by atoms with Gasteiger partial charge in [-0.25, -0.2) is 0 Å². The lowest BCUT2D eigenvalue weighted by Gasteiger charge is -2.44. The van der Waals surface area contributed by atoms with Crippen molar-refractivity contribution in [3.05, 3.63) is 70.4 Å². The Morgan fingerprint density at radius 3 is 2.75 bits per heavy atom. The van der Waals surface area contributed by atoms with Crippen LogP contribution in [0.15, 0.2) is 54.3 Å². The van der Waals surface area contributed by atoms with Crippen LogP contribution in [0.4, 0.5) is 0 Å². The molecule has 0 radical (unpaired) electrons. The SMILES string of the molecule is COc1ccc(CNC(=O)CN2C(=O)/C(=C\c3cccc(Cl)c3)OC3CCCCC32)cc1. The Kier molecular flexibility index (Phi) is 7.00. The van der Waals surface area contributed by atoms with Crippen molar-refractivity contribution in [2.24, 2.45) is 0 Å². The molecule has 2 atom stereocenters. The summed E-state index contributed by atoms with van der Waals surface area (Å²) in [5, 5.41) is 3.51. The van der Waals surface area contributed by atoms with Gasteiger partial charge in [0.1, 0.15) is 18.4 Å². The van der Waals surface area contributed by atoms with E-state index in [1.165, 1.54) is 0 Å². The van der Waals surface area contributed by atoms with Gasteiger partial charge in [0.2, 0.25) is 5.91 Å². The Labute approximate surface area is 193 Å². The molecule has 0 aromatic heterocycles. The average molecular weight is 455 g/mol. The van der Waals surface area contributed by atoms with Gasteiger partial charge in [0.15, 0.2) is 5.76 Å². The fourth-order valence-corrected chi connectivity index (χ4v) is 4.46. The molecule has 1 aliphatic heterocycles. The highest BCUT2D eigenvalue weighted by molar-refractivity contribution is 6.30. The molecule has 2 unspecified atom stereocenters. The second-order valence-electron chi connectivity index (χ2n) is 8.13. The zero-order valence-corrected chi connectivity index (χ0v) is 18.8.